The van der Waals surface area contributed by atoms with E-state index in [-0.39, 0.29) is 11.7 Å². The zero-order valence-corrected chi connectivity index (χ0v) is 13.2. The highest BCUT2D eigenvalue weighted by molar-refractivity contribution is 9.10. The maximum atomic E-state index is 12.9. The maximum absolute atomic E-state index is 12.9. The molecule has 0 N–H and O–H groups in total. The van der Waals surface area contributed by atoms with Crippen molar-refractivity contribution in [2.75, 3.05) is 13.7 Å². The molecule has 0 radical (unpaired) electrons. The van der Waals surface area contributed by atoms with Crippen LogP contribution in [0.1, 0.15) is 28.3 Å². The lowest BCUT2D eigenvalue weighted by Crippen LogP contribution is -2.21. The van der Waals surface area contributed by atoms with Gasteiger partial charge in [0.05, 0.1) is 19.6 Å². The van der Waals surface area contributed by atoms with Crippen LogP contribution in [0.15, 0.2) is 46.9 Å². The second-order valence-corrected chi connectivity index (χ2v) is 5.79. The van der Waals surface area contributed by atoms with Gasteiger partial charge in [0.15, 0.2) is 5.78 Å². The van der Waals surface area contributed by atoms with E-state index in [2.05, 4.69) is 15.9 Å². The SMILES string of the molecule is COc1ccc(Br)c(C(=O)C2CCOc3ccccc32)c1. The van der Waals surface area contributed by atoms with E-state index in [0.29, 0.717) is 24.3 Å². The van der Waals surface area contributed by atoms with Crippen molar-refractivity contribution in [2.24, 2.45) is 0 Å². The average Bonchev–Trinajstić information content (AvgIpc) is 2.54. The summed E-state index contributed by atoms with van der Waals surface area (Å²) in [6.07, 6.45) is 0.694. The Kier molecular flexibility index (Phi) is 3.97. The number of methoxy groups -OCH3 is 1. The summed E-state index contributed by atoms with van der Waals surface area (Å²) < 4.78 is 11.6. The lowest BCUT2D eigenvalue weighted by molar-refractivity contribution is 0.0932. The molecular formula is C17H15BrO3. The summed E-state index contributed by atoms with van der Waals surface area (Å²) in [7, 11) is 1.60. The summed E-state index contributed by atoms with van der Waals surface area (Å²) in [5, 5.41) is 0. The second-order valence-electron chi connectivity index (χ2n) is 4.94. The van der Waals surface area contributed by atoms with Gasteiger partial charge in [0.25, 0.3) is 0 Å². The summed E-state index contributed by atoms with van der Waals surface area (Å²) in [5.41, 5.74) is 1.61. The standard InChI is InChI=1S/C17H15BrO3/c1-20-11-6-7-15(18)14(10-11)17(19)13-8-9-21-16-5-3-2-4-12(13)16/h2-7,10,13H,8-9H2,1H3. The summed E-state index contributed by atoms with van der Waals surface area (Å²) in [6.45, 7) is 0.564. The fourth-order valence-corrected chi connectivity index (χ4v) is 3.06. The van der Waals surface area contributed by atoms with Crippen molar-refractivity contribution in [1.82, 2.24) is 0 Å². The molecule has 0 amide bonds. The summed E-state index contributed by atoms with van der Waals surface area (Å²) >= 11 is 3.46. The first-order chi connectivity index (χ1) is 10.2. The van der Waals surface area contributed by atoms with E-state index in [9.17, 15) is 4.79 Å². The van der Waals surface area contributed by atoms with Gasteiger partial charge in [0.1, 0.15) is 11.5 Å². The quantitative estimate of drug-likeness (QED) is 0.781. The van der Waals surface area contributed by atoms with Crippen molar-refractivity contribution in [2.45, 2.75) is 12.3 Å². The molecule has 3 nitrogen and oxygen atoms in total. The molecular weight excluding hydrogens is 332 g/mol. The van der Waals surface area contributed by atoms with E-state index >= 15 is 0 Å². The van der Waals surface area contributed by atoms with E-state index in [4.69, 9.17) is 9.47 Å². The molecule has 1 heterocycles. The Hall–Kier alpha value is -1.81. The number of benzene rings is 2. The zero-order valence-electron chi connectivity index (χ0n) is 11.6. The fourth-order valence-electron chi connectivity index (χ4n) is 2.62. The molecule has 0 aliphatic carbocycles. The maximum Gasteiger partial charge on any atom is 0.171 e. The van der Waals surface area contributed by atoms with Crippen LogP contribution in [0.25, 0.3) is 0 Å². The Morgan fingerprint density at radius 1 is 1.29 bits per heavy atom. The molecule has 1 unspecified atom stereocenters. The van der Waals surface area contributed by atoms with Gasteiger partial charge < -0.3 is 9.47 Å². The van der Waals surface area contributed by atoms with Gasteiger partial charge in [0.2, 0.25) is 0 Å². The van der Waals surface area contributed by atoms with Crippen molar-refractivity contribution >= 4 is 21.7 Å². The van der Waals surface area contributed by atoms with Gasteiger partial charge in [-0.1, -0.05) is 34.1 Å². The Labute approximate surface area is 132 Å². The Balaban J connectivity index is 2.00. The van der Waals surface area contributed by atoms with E-state index in [1.807, 2.05) is 36.4 Å². The van der Waals surface area contributed by atoms with Crippen molar-refractivity contribution in [3.05, 3.63) is 58.1 Å². The van der Waals surface area contributed by atoms with Crippen molar-refractivity contribution < 1.29 is 14.3 Å². The van der Waals surface area contributed by atoms with Crippen molar-refractivity contribution in [1.29, 1.82) is 0 Å². The van der Waals surface area contributed by atoms with Crippen LogP contribution in [0.3, 0.4) is 0 Å². The minimum Gasteiger partial charge on any atom is -0.497 e. The van der Waals surface area contributed by atoms with E-state index in [1.54, 1.807) is 13.2 Å². The monoisotopic (exact) mass is 346 g/mol. The number of hydrogen-bond donors (Lipinski definition) is 0. The lowest BCUT2D eigenvalue weighted by atomic mass is 9.86. The molecule has 0 saturated heterocycles. The molecule has 108 valence electrons. The highest BCUT2D eigenvalue weighted by Crippen LogP contribution is 2.37. The number of carbonyl (C=O) groups excluding carboxylic acids is 1. The van der Waals surface area contributed by atoms with Gasteiger partial charge in [-0.25, -0.2) is 0 Å². The predicted molar refractivity (Wildman–Crippen MR) is 84.3 cm³/mol. The molecule has 3 rings (SSSR count). The van der Waals surface area contributed by atoms with Crippen molar-refractivity contribution in [3.8, 4) is 11.5 Å². The second kappa shape index (κ2) is 5.90. The third-order valence-electron chi connectivity index (χ3n) is 3.71. The van der Waals surface area contributed by atoms with Gasteiger partial charge in [-0.2, -0.15) is 0 Å². The van der Waals surface area contributed by atoms with Crippen molar-refractivity contribution in [3.63, 3.8) is 0 Å². The molecule has 2 aromatic carbocycles. The molecule has 0 saturated carbocycles. The Bertz CT molecular complexity index is 681. The van der Waals surface area contributed by atoms with E-state index < -0.39 is 0 Å². The smallest absolute Gasteiger partial charge is 0.171 e. The number of rotatable bonds is 3. The van der Waals surface area contributed by atoms with Gasteiger partial charge in [-0.15, -0.1) is 0 Å². The van der Waals surface area contributed by atoms with Crippen LogP contribution in [0, 0.1) is 0 Å². The first-order valence-corrected chi connectivity index (χ1v) is 7.59. The first kappa shape index (κ1) is 14.1. The molecule has 1 atom stereocenters. The molecule has 0 bridgehead atoms. The minimum atomic E-state index is -0.168. The molecule has 2 aromatic rings. The largest absolute Gasteiger partial charge is 0.497 e. The third kappa shape index (κ3) is 2.68. The number of carbonyl (C=O) groups is 1. The lowest BCUT2D eigenvalue weighted by Gasteiger charge is -2.25. The van der Waals surface area contributed by atoms with Gasteiger partial charge >= 0.3 is 0 Å². The number of hydrogen-bond acceptors (Lipinski definition) is 3. The number of ketones is 1. The Morgan fingerprint density at radius 3 is 2.90 bits per heavy atom. The van der Waals surface area contributed by atoms with Crippen LogP contribution < -0.4 is 9.47 Å². The van der Waals surface area contributed by atoms with Crippen LogP contribution in [-0.2, 0) is 0 Å². The van der Waals surface area contributed by atoms with E-state index in [0.717, 1.165) is 15.8 Å². The number of para-hydroxylation sites is 1. The molecule has 0 aromatic heterocycles. The number of halogens is 1. The zero-order chi connectivity index (χ0) is 14.8. The van der Waals surface area contributed by atoms with E-state index in [1.165, 1.54) is 0 Å². The van der Waals surface area contributed by atoms with Crippen LogP contribution >= 0.6 is 15.9 Å². The molecule has 4 heteroatoms. The van der Waals surface area contributed by atoms with Crippen LogP contribution in [0.4, 0.5) is 0 Å². The molecule has 1 aliphatic rings. The Morgan fingerprint density at radius 2 is 2.10 bits per heavy atom. The molecule has 0 fully saturated rings. The molecule has 0 spiro atoms. The number of Topliss-reactive ketones (excluding diaryl/α,β-unsaturated/α-hetero) is 1. The summed E-state index contributed by atoms with van der Waals surface area (Å²) in [4.78, 5) is 12.9. The molecule has 1 aliphatic heterocycles. The van der Waals surface area contributed by atoms with Crippen LogP contribution in [0.2, 0.25) is 0 Å². The minimum absolute atomic E-state index is 0.0940. The highest BCUT2D eigenvalue weighted by Gasteiger charge is 2.29. The predicted octanol–water partition coefficient (Wildman–Crippen LogP) is 4.21. The third-order valence-corrected chi connectivity index (χ3v) is 4.41. The fraction of sp³-hybridized carbons (Fsp3) is 0.235. The van der Waals surface area contributed by atoms with Crippen LogP contribution in [-0.4, -0.2) is 19.5 Å². The van der Waals surface area contributed by atoms with Gasteiger partial charge in [0, 0.05) is 15.6 Å². The van der Waals surface area contributed by atoms with Gasteiger partial charge in [-0.05, 0) is 30.7 Å². The average molecular weight is 347 g/mol. The normalized spacial score (nSPS) is 16.8. The molecule has 21 heavy (non-hydrogen) atoms. The topological polar surface area (TPSA) is 35.5 Å². The highest BCUT2D eigenvalue weighted by atomic mass is 79.9. The number of fused-ring (bicyclic) bond motifs is 1. The number of ether oxygens (including phenoxy) is 2. The van der Waals surface area contributed by atoms with Crippen LogP contribution in [0.5, 0.6) is 11.5 Å². The summed E-state index contributed by atoms with van der Waals surface area (Å²) in [5.74, 6) is 1.41. The first-order valence-electron chi connectivity index (χ1n) is 6.80. The summed E-state index contributed by atoms with van der Waals surface area (Å²) in [6, 6.07) is 13.2. The van der Waals surface area contributed by atoms with Gasteiger partial charge in [-0.3, -0.25) is 4.79 Å².